The van der Waals surface area contributed by atoms with E-state index in [4.69, 9.17) is 0 Å². The van der Waals surface area contributed by atoms with Gasteiger partial charge in [0, 0.05) is 41.0 Å². The summed E-state index contributed by atoms with van der Waals surface area (Å²) in [6.07, 6.45) is 5.44. The zero-order chi connectivity index (χ0) is 34.3. The molecule has 0 atom stereocenters. The highest BCUT2D eigenvalue weighted by atomic mass is 32.1. The monoisotopic (exact) mass is 696 g/mol. The van der Waals surface area contributed by atoms with E-state index in [-0.39, 0.29) is 35.4 Å². The van der Waals surface area contributed by atoms with E-state index >= 15 is 0 Å². The first-order valence-corrected chi connectivity index (χ1v) is 16.0. The standard InChI is InChI=1S/C26H28N14O6S2/c1-35-19-17(21(43)37(3)25(35)45)39(11-27-19)9-13(41)29-23-33-31-15(47-23)7-5-6-8-16-32-34-24(48-16)30-14(42)10-40-12-28-20-18(40)22(44)38(4)26(46)36(20)2/h11-12H,5-10H2,1-4H3,(H,29,33,41)(H,30,34,42). The summed E-state index contributed by atoms with van der Waals surface area (Å²) < 4.78 is 7.18. The Labute approximate surface area is 276 Å². The third-order valence-corrected chi connectivity index (χ3v) is 9.32. The molecule has 6 aromatic rings. The maximum absolute atomic E-state index is 12.7. The second-order valence-electron chi connectivity index (χ2n) is 10.8. The van der Waals surface area contributed by atoms with E-state index in [0.29, 0.717) is 23.1 Å². The lowest BCUT2D eigenvalue weighted by atomic mass is 10.2. The van der Waals surface area contributed by atoms with Gasteiger partial charge in [0.15, 0.2) is 22.3 Å². The van der Waals surface area contributed by atoms with Crippen LogP contribution in [0.3, 0.4) is 0 Å². The van der Waals surface area contributed by atoms with Gasteiger partial charge in [-0.3, -0.25) is 48.1 Å². The van der Waals surface area contributed by atoms with E-state index in [1.54, 1.807) is 0 Å². The fourth-order valence-electron chi connectivity index (χ4n) is 5.02. The summed E-state index contributed by atoms with van der Waals surface area (Å²) in [4.78, 5) is 83.1. The number of hydrogen-bond donors (Lipinski definition) is 2. The van der Waals surface area contributed by atoms with Crippen LogP contribution in [-0.2, 0) is 63.7 Å². The molecule has 6 heterocycles. The van der Waals surface area contributed by atoms with Gasteiger partial charge in [0.2, 0.25) is 22.1 Å². The lowest BCUT2D eigenvalue weighted by molar-refractivity contribution is -0.117. The summed E-state index contributed by atoms with van der Waals surface area (Å²) in [6, 6.07) is 0. The maximum Gasteiger partial charge on any atom is 0.332 e. The molecule has 0 aliphatic rings. The smallest absolute Gasteiger partial charge is 0.315 e. The summed E-state index contributed by atoms with van der Waals surface area (Å²) in [5, 5.41) is 23.8. The first-order chi connectivity index (χ1) is 22.9. The highest BCUT2D eigenvalue weighted by Gasteiger charge is 2.18. The lowest BCUT2D eigenvalue weighted by Gasteiger charge is -2.06. The predicted molar refractivity (Wildman–Crippen MR) is 174 cm³/mol. The molecular weight excluding hydrogens is 669 g/mol. The van der Waals surface area contributed by atoms with Gasteiger partial charge in [-0.15, -0.1) is 20.4 Å². The molecule has 0 aromatic carbocycles. The third kappa shape index (κ3) is 6.09. The molecule has 48 heavy (non-hydrogen) atoms. The number of fused-ring (bicyclic) bond motifs is 2. The first kappa shape index (κ1) is 32.3. The molecule has 22 heteroatoms. The molecule has 0 unspecified atom stereocenters. The van der Waals surface area contributed by atoms with Crippen molar-refractivity contribution in [3.05, 3.63) is 64.3 Å². The molecule has 20 nitrogen and oxygen atoms in total. The van der Waals surface area contributed by atoms with Crippen LogP contribution in [0, 0.1) is 0 Å². The molecule has 0 aliphatic carbocycles. The number of carbonyl (C=O) groups excluding carboxylic acids is 2. The summed E-state index contributed by atoms with van der Waals surface area (Å²) in [5.41, 5.74) is -1.45. The zero-order valence-corrected chi connectivity index (χ0v) is 27.7. The van der Waals surface area contributed by atoms with Crippen molar-refractivity contribution in [2.24, 2.45) is 28.2 Å². The molecule has 0 spiro atoms. The number of anilines is 2. The van der Waals surface area contributed by atoms with Crippen molar-refractivity contribution in [3.63, 3.8) is 0 Å². The van der Waals surface area contributed by atoms with Crippen molar-refractivity contribution in [1.29, 1.82) is 0 Å². The van der Waals surface area contributed by atoms with Gasteiger partial charge in [0.25, 0.3) is 11.1 Å². The van der Waals surface area contributed by atoms with Gasteiger partial charge in [-0.25, -0.2) is 19.6 Å². The third-order valence-electron chi connectivity index (χ3n) is 7.52. The van der Waals surface area contributed by atoms with Crippen LogP contribution in [0.2, 0.25) is 0 Å². The summed E-state index contributed by atoms with van der Waals surface area (Å²) in [5.74, 6) is -0.858. The minimum Gasteiger partial charge on any atom is -0.315 e. The molecule has 0 aliphatic heterocycles. The number of nitrogens with one attached hydrogen (secondary N) is 2. The minimum atomic E-state index is -0.546. The lowest BCUT2D eigenvalue weighted by Crippen LogP contribution is -2.37. The Morgan fingerprint density at radius 2 is 1.02 bits per heavy atom. The predicted octanol–water partition coefficient (Wildman–Crippen LogP) is -1.27. The van der Waals surface area contributed by atoms with Crippen molar-refractivity contribution in [3.8, 4) is 0 Å². The SMILES string of the molecule is Cn1c(=O)c2c(ncn2CC(=O)Nc2nnc(CCCCc3nnc(NC(=O)Cn4cnc5c4c(=O)n(C)c(=O)n5C)s3)s2)n(C)c1=O. The van der Waals surface area contributed by atoms with Crippen molar-refractivity contribution >= 4 is 67.1 Å². The van der Waals surface area contributed by atoms with Crippen LogP contribution >= 0.6 is 22.7 Å². The van der Waals surface area contributed by atoms with Gasteiger partial charge in [0.1, 0.15) is 23.1 Å². The Morgan fingerprint density at radius 1 is 0.625 bits per heavy atom. The number of imidazole rings is 2. The van der Waals surface area contributed by atoms with Crippen LogP contribution in [0.15, 0.2) is 31.8 Å². The van der Waals surface area contributed by atoms with E-state index in [1.165, 1.54) is 81.8 Å². The van der Waals surface area contributed by atoms with E-state index in [0.717, 1.165) is 32.0 Å². The van der Waals surface area contributed by atoms with Crippen molar-refractivity contribution < 1.29 is 9.59 Å². The molecule has 0 radical (unpaired) electrons. The topological polar surface area (TPSA) is 233 Å². The van der Waals surface area contributed by atoms with Gasteiger partial charge in [-0.2, -0.15) is 0 Å². The molecule has 6 rings (SSSR count). The van der Waals surface area contributed by atoms with Gasteiger partial charge in [-0.05, 0) is 12.8 Å². The number of nitrogens with zero attached hydrogens (tertiary/aromatic N) is 12. The molecule has 2 N–H and O–H groups in total. The average Bonchev–Trinajstić information content (AvgIpc) is 3.87. The van der Waals surface area contributed by atoms with E-state index in [9.17, 15) is 28.8 Å². The van der Waals surface area contributed by atoms with Crippen LogP contribution in [0.1, 0.15) is 22.9 Å². The van der Waals surface area contributed by atoms with Gasteiger partial charge < -0.3 is 9.13 Å². The fraction of sp³-hybridized carbons (Fsp3) is 0.385. The van der Waals surface area contributed by atoms with Crippen LogP contribution in [0.4, 0.5) is 10.3 Å². The molecular formula is C26H28N14O6S2. The van der Waals surface area contributed by atoms with Crippen LogP contribution in [0.5, 0.6) is 0 Å². The average molecular weight is 697 g/mol. The number of amides is 2. The van der Waals surface area contributed by atoms with E-state index in [2.05, 4.69) is 41.0 Å². The minimum absolute atomic E-state index is 0.143. The molecule has 250 valence electrons. The number of aromatic nitrogens is 12. The molecule has 6 aromatic heterocycles. The molecule has 0 saturated heterocycles. The summed E-state index contributed by atoms with van der Waals surface area (Å²) >= 11 is 2.48. The van der Waals surface area contributed by atoms with Crippen molar-refractivity contribution in [1.82, 2.24) is 57.8 Å². The van der Waals surface area contributed by atoms with Gasteiger partial charge in [-0.1, -0.05) is 22.7 Å². The highest BCUT2D eigenvalue weighted by Crippen LogP contribution is 2.20. The fourth-order valence-corrected chi connectivity index (χ4v) is 6.62. The Hall–Kier alpha value is -5.64. The Morgan fingerprint density at radius 3 is 1.42 bits per heavy atom. The first-order valence-electron chi connectivity index (χ1n) is 14.4. The molecule has 2 amide bonds. The number of rotatable bonds is 11. The second kappa shape index (κ2) is 12.9. The van der Waals surface area contributed by atoms with Gasteiger partial charge in [0.05, 0.1) is 12.7 Å². The molecule has 0 bridgehead atoms. The normalized spacial score (nSPS) is 11.5. The highest BCUT2D eigenvalue weighted by molar-refractivity contribution is 7.15. The molecule has 0 saturated carbocycles. The quantitative estimate of drug-likeness (QED) is 0.151. The van der Waals surface area contributed by atoms with Crippen molar-refractivity contribution in [2.45, 2.75) is 38.8 Å². The number of unbranched alkanes of at least 4 members (excludes halogenated alkanes) is 1. The van der Waals surface area contributed by atoms with E-state index in [1.807, 2.05) is 0 Å². The zero-order valence-electron chi connectivity index (χ0n) is 26.0. The van der Waals surface area contributed by atoms with E-state index < -0.39 is 34.3 Å². The van der Waals surface area contributed by atoms with Crippen LogP contribution in [0.25, 0.3) is 22.3 Å². The van der Waals surface area contributed by atoms with Crippen molar-refractivity contribution in [2.75, 3.05) is 10.6 Å². The Kier molecular flexibility index (Phi) is 8.66. The summed E-state index contributed by atoms with van der Waals surface area (Å²) in [6.45, 7) is -0.405. The second-order valence-corrected chi connectivity index (χ2v) is 12.9. The van der Waals surface area contributed by atoms with Gasteiger partial charge >= 0.3 is 11.4 Å². The molecule has 0 fully saturated rings. The Bertz CT molecular complexity index is 2290. The maximum atomic E-state index is 12.7. The largest absolute Gasteiger partial charge is 0.332 e. The summed E-state index contributed by atoms with van der Waals surface area (Å²) in [7, 11) is 5.73. The number of carbonyl (C=O) groups is 2. The Balaban J connectivity index is 0.969. The van der Waals surface area contributed by atoms with Crippen LogP contribution in [-0.4, -0.2) is 69.6 Å². The number of hydrogen-bond acceptors (Lipinski definition) is 14. The number of aryl methyl sites for hydroxylation is 4. The van der Waals surface area contributed by atoms with Crippen LogP contribution < -0.4 is 33.1 Å².